The van der Waals surface area contributed by atoms with Crippen LogP contribution in [0.4, 0.5) is 0 Å². The quantitative estimate of drug-likeness (QED) is 0.720. The first-order chi connectivity index (χ1) is 12.1. The number of benzene rings is 1. The summed E-state index contributed by atoms with van der Waals surface area (Å²) in [4.78, 5) is 27.7. The number of hydrogen-bond donors (Lipinski definition) is 2. The van der Waals surface area contributed by atoms with E-state index in [1.165, 1.54) is 12.3 Å². The molecule has 1 atom stereocenters. The summed E-state index contributed by atoms with van der Waals surface area (Å²) in [5.41, 5.74) is 1.96. The molecule has 3 aromatic rings. The molecule has 2 aromatic heterocycles. The Morgan fingerprint density at radius 2 is 2.04 bits per heavy atom. The number of amides is 2. The van der Waals surface area contributed by atoms with E-state index in [4.69, 9.17) is 4.42 Å². The minimum atomic E-state index is -0.419. The third-order valence-electron chi connectivity index (χ3n) is 3.73. The van der Waals surface area contributed by atoms with E-state index < -0.39 is 5.91 Å². The molecule has 0 saturated heterocycles. The van der Waals surface area contributed by atoms with Gasteiger partial charge >= 0.3 is 0 Å². The summed E-state index contributed by atoms with van der Waals surface area (Å²) in [6.45, 7) is 1.77. The van der Waals surface area contributed by atoms with Gasteiger partial charge in [0.15, 0.2) is 5.76 Å². The van der Waals surface area contributed by atoms with E-state index in [0.29, 0.717) is 0 Å². The van der Waals surface area contributed by atoms with E-state index in [-0.39, 0.29) is 24.3 Å². The van der Waals surface area contributed by atoms with Crippen molar-refractivity contribution in [3.8, 4) is 5.69 Å². The van der Waals surface area contributed by atoms with Crippen molar-refractivity contribution >= 4 is 11.8 Å². The van der Waals surface area contributed by atoms with Crippen LogP contribution in [0, 0.1) is 0 Å². The predicted octanol–water partition coefficient (Wildman–Crippen LogP) is 2.07. The molecule has 2 N–H and O–H groups in total. The van der Waals surface area contributed by atoms with Gasteiger partial charge in [-0.2, -0.15) is 0 Å². The Labute approximate surface area is 144 Å². The molecule has 0 bridgehead atoms. The molecule has 25 heavy (non-hydrogen) atoms. The van der Waals surface area contributed by atoms with Crippen LogP contribution in [0.25, 0.3) is 5.69 Å². The first-order valence-corrected chi connectivity index (χ1v) is 7.83. The minimum Gasteiger partial charge on any atom is -0.459 e. The highest BCUT2D eigenvalue weighted by Gasteiger charge is 2.13. The van der Waals surface area contributed by atoms with Crippen molar-refractivity contribution in [2.75, 3.05) is 6.54 Å². The highest BCUT2D eigenvalue weighted by atomic mass is 16.3. The summed E-state index contributed by atoms with van der Waals surface area (Å²) >= 11 is 0. The fraction of sp³-hybridized carbons (Fsp3) is 0.167. The highest BCUT2D eigenvalue weighted by molar-refractivity contribution is 5.94. The molecule has 128 valence electrons. The molecule has 0 aliphatic carbocycles. The van der Waals surface area contributed by atoms with Gasteiger partial charge in [-0.05, 0) is 36.8 Å². The van der Waals surface area contributed by atoms with Crippen molar-refractivity contribution in [2.45, 2.75) is 13.0 Å². The van der Waals surface area contributed by atoms with Crippen molar-refractivity contribution in [1.82, 2.24) is 20.2 Å². The van der Waals surface area contributed by atoms with Crippen LogP contribution in [0.2, 0.25) is 0 Å². The van der Waals surface area contributed by atoms with Gasteiger partial charge in [-0.25, -0.2) is 4.98 Å². The Morgan fingerprint density at radius 3 is 2.68 bits per heavy atom. The summed E-state index contributed by atoms with van der Waals surface area (Å²) < 4.78 is 6.87. The number of hydrogen-bond acceptors (Lipinski definition) is 4. The van der Waals surface area contributed by atoms with Crippen molar-refractivity contribution in [3.05, 3.63) is 72.7 Å². The maximum Gasteiger partial charge on any atom is 0.287 e. The van der Waals surface area contributed by atoms with Gasteiger partial charge in [-0.15, -0.1) is 0 Å². The number of nitrogens with one attached hydrogen (secondary N) is 2. The number of nitrogens with zero attached hydrogens (tertiary/aromatic N) is 2. The molecular formula is C18H18N4O3. The first-order valence-electron chi connectivity index (χ1n) is 7.83. The topological polar surface area (TPSA) is 89.2 Å². The van der Waals surface area contributed by atoms with Crippen LogP contribution in [0.15, 0.2) is 65.8 Å². The van der Waals surface area contributed by atoms with E-state index in [2.05, 4.69) is 15.6 Å². The van der Waals surface area contributed by atoms with Crippen LogP contribution in [-0.2, 0) is 4.79 Å². The Kier molecular flexibility index (Phi) is 4.94. The standard InChI is InChI=1S/C18H18N4O3/c1-13(14-4-6-15(7-5-14)22-9-8-19-12-22)21-17(23)11-20-18(24)16-3-2-10-25-16/h2-10,12-13H,11H2,1H3,(H,20,24)(H,21,23)/t13-/m1/s1. The van der Waals surface area contributed by atoms with Gasteiger partial charge in [0.25, 0.3) is 5.91 Å². The summed E-state index contributed by atoms with van der Waals surface area (Å²) in [5.74, 6) is -0.514. The lowest BCUT2D eigenvalue weighted by Gasteiger charge is -2.15. The number of imidazole rings is 1. The molecule has 1 aromatic carbocycles. The molecule has 0 spiro atoms. The Balaban J connectivity index is 1.52. The van der Waals surface area contributed by atoms with E-state index in [0.717, 1.165) is 11.3 Å². The van der Waals surface area contributed by atoms with Crippen molar-refractivity contribution in [1.29, 1.82) is 0 Å². The van der Waals surface area contributed by atoms with Crippen molar-refractivity contribution in [2.24, 2.45) is 0 Å². The summed E-state index contributed by atoms with van der Waals surface area (Å²) in [5, 5.41) is 5.36. The summed E-state index contributed by atoms with van der Waals surface area (Å²) in [6.07, 6.45) is 6.71. The first kappa shape index (κ1) is 16.5. The Hall–Kier alpha value is -3.35. The smallest absolute Gasteiger partial charge is 0.287 e. The van der Waals surface area contributed by atoms with Gasteiger partial charge < -0.3 is 19.6 Å². The van der Waals surface area contributed by atoms with Gasteiger partial charge in [0.1, 0.15) is 0 Å². The van der Waals surface area contributed by atoms with E-state index in [1.54, 1.807) is 18.6 Å². The van der Waals surface area contributed by atoms with Crippen LogP contribution in [-0.4, -0.2) is 27.9 Å². The lowest BCUT2D eigenvalue weighted by atomic mass is 10.1. The zero-order chi connectivity index (χ0) is 17.6. The van der Waals surface area contributed by atoms with Gasteiger partial charge in [-0.3, -0.25) is 9.59 Å². The summed E-state index contributed by atoms with van der Waals surface area (Å²) in [7, 11) is 0. The largest absolute Gasteiger partial charge is 0.459 e. The van der Waals surface area contributed by atoms with Gasteiger partial charge in [0, 0.05) is 18.1 Å². The van der Waals surface area contributed by atoms with Crippen molar-refractivity contribution in [3.63, 3.8) is 0 Å². The zero-order valence-electron chi connectivity index (χ0n) is 13.7. The molecule has 0 aliphatic heterocycles. The van der Waals surface area contributed by atoms with E-state index >= 15 is 0 Å². The van der Waals surface area contributed by atoms with Crippen LogP contribution in [0.3, 0.4) is 0 Å². The third-order valence-corrected chi connectivity index (χ3v) is 3.73. The van der Waals surface area contributed by atoms with Gasteiger partial charge in [0.05, 0.1) is 25.2 Å². The number of furan rings is 1. The number of carbonyl (C=O) groups excluding carboxylic acids is 2. The fourth-order valence-electron chi connectivity index (χ4n) is 2.38. The number of aromatic nitrogens is 2. The lowest BCUT2D eigenvalue weighted by Crippen LogP contribution is -2.37. The Morgan fingerprint density at radius 1 is 1.24 bits per heavy atom. The molecule has 3 rings (SSSR count). The van der Waals surface area contributed by atoms with E-state index in [1.807, 2.05) is 42.0 Å². The van der Waals surface area contributed by atoms with E-state index in [9.17, 15) is 9.59 Å². The fourth-order valence-corrected chi connectivity index (χ4v) is 2.38. The molecule has 0 unspecified atom stereocenters. The average molecular weight is 338 g/mol. The second kappa shape index (κ2) is 7.48. The number of rotatable bonds is 6. The second-order valence-corrected chi connectivity index (χ2v) is 5.51. The second-order valence-electron chi connectivity index (χ2n) is 5.51. The monoisotopic (exact) mass is 338 g/mol. The zero-order valence-corrected chi connectivity index (χ0v) is 13.7. The highest BCUT2D eigenvalue weighted by Crippen LogP contribution is 2.15. The molecule has 0 radical (unpaired) electrons. The molecule has 7 nitrogen and oxygen atoms in total. The Bertz CT molecular complexity index is 824. The van der Waals surface area contributed by atoms with Crippen LogP contribution in [0.5, 0.6) is 0 Å². The molecule has 0 saturated carbocycles. The lowest BCUT2D eigenvalue weighted by molar-refractivity contribution is -0.120. The molecule has 7 heteroatoms. The molecular weight excluding hydrogens is 320 g/mol. The molecule has 0 fully saturated rings. The minimum absolute atomic E-state index is 0.114. The molecule has 2 amide bonds. The number of carbonyl (C=O) groups is 2. The SMILES string of the molecule is C[C@@H](NC(=O)CNC(=O)c1ccco1)c1ccc(-n2ccnc2)cc1. The molecule has 0 aliphatic rings. The maximum absolute atomic E-state index is 12.0. The van der Waals surface area contributed by atoms with Crippen LogP contribution < -0.4 is 10.6 Å². The normalized spacial score (nSPS) is 11.7. The van der Waals surface area contributed by atoms with Crippen LogP contribution in [0.1, 0.15) is 29.1 Å². The molecule has 2 heterocycles. The van der Waals surface area contributed by atoms with Crippen LogP contribution >= 0.6 is 0 Å². The maximum atomic E-state index is 12.0. The van der Waals surface area contributed by atoms with Gasteiger partial charge in [0.2, 0.25) is 5.91 Å². The summed E-state index contributed by atoms with van der Waals surface area (Å²) in [6, 6.07) is 10.8. The predicted molar refractivity (Wildman–Crippen MR) is 91.2 cm³/mol. The third kappa shape index (κ3) is 4.14. The van der Waals surface area contributed by atoms with Gasteiger partial charge in [-0.1, -0.05) is 12.1 Å². The van der Waals surface area contributed by atoms with Crippen molar-refractivity contribution < 1.29 is 14.0 Å². The average Bonchev–Trinajstić information content (AvgIpc) is 3.33.